The Morgan fingerprint density at radius 3 is 2.47 bits per heavy atom. The molecule has 6 heteroatoms. The second kappa shape index (κ2) is 5.57. The zero-order chi connectivity index (χ0) is 14.8. The Morgan fingerprint density at radius 2 is 2.05 bits per heavy atom. The van der Waals surface area contributed by atoms with E-state index in [2.05, 4.69) is 5.32 Å². The van der Waals surface area contributed by atoms with Crippen molar-refractivity contribution in [2.75, 3.05) is 0 Å². The fourth-order valence-electron chi connectivity index (χ4n) is 1.47. The van der Waals surface area contributed by atoms with Crippen LogP contribution in [0.15, 0.2) is 18.2 Å². The smallest absolute Gasteiger partial charge is 0.272 e. The molecule has 1 aromatic rings. The van der Waals surface area contributed by atoms with E-state index in [-0.39, 0.29) is 17.0 Å². The molecule has 0 fully saturated rings. The van der Waals surface area contributed by atoms with Gasteiger partial charge in [0, 0.05) is 17.2 Å². The first-order valence-electron chi connectivity index (χ1n) is 5.87. The van der Waals surface area contributed by atoms with Crippen LogP contribution in [0, 0.1) is 17.0 Å². The summed E-state index contributed by atoms with van der Waals surface area (Å²) in [7, 11) is 0. The first-order chi connectivity index (χ1) is 8.65. The molecular weight excluding hydrogens is 268 g/mol. The summed E-state index contributed by atoms with van der Waals surface area (Å²) in [6, 6.07) is 4.28. The van der Waals surface area contributed by atoms with Gasteiger partial charge in [0.2, 0.25) is 0 Å². The molecule has 0 aliphatic carbocycles. The maximum absolute atomic E-state index is 12.1. The molecule has 1 N–H and O–H groups in total. The number of hydrogen-bond acceptors (Lipinski definition) is 3. The Kier molecular flexibility index (Phi) is 4.52. The highest BCUT2D eigenvalue weighted by molar-refractivity contribution is 6.21. The van der Waals surface area contributed by atoms with Gasteiger partial charge in [-0.2, -0.15) is 0 Å². The van der Waals surface area contributed by atoms with E-state index < -0.39 is 10.5 Å². The summed E-state index contributed by atoms with van der Waals surface area (Å²) in [6.07, 6.45) is 0. The van der Waals surface area contributed by atoms with Gasteiger partial charge < -0.3 is 5.32 Å². The van der Waals surface area contributed by atoms with Gasteiger partial charge in [-0.05, 0) is 39.8 Å². The molecule has 0 bridgehead atoms. The van der Waals surface area contributed by atoms with Crippen molar-refractivity contribution in [2.45, 2.75) is 38.6 Å². The molecule has 5 nitrogen and oxygen atoms in total. The van der Waals surface area contributed by atoms with Gasteiger partial charge in [0.1, 0.15) is 0 Å². The van der Waals surface area contributed by atoms with Crippen LogP contribution in [0.3, 0.4) is 0 Å². The second-order valence-corrected chi connectivity index (χ2v) is 5.70. The number of nitrogens with one attached hydrogen (secondary N) is 1. The highest BCUT2D eigenvalue weighted by atomic mass is 35.5. The first-order valence-corrected chi connectivity index (χ1v) is 6.30. The number of carbonyl (C=O) groups excluding carboxylic acids is 1. The van der Waals surface area contributed by atoms with Gasteiger partial charge in [0.15, 0.2) is 0 Å². The zero-order valence-corrected chi connectivity index (χ0v) is 12.1. The van der Waals surface area contributed by atoms with E-state index in [0.717, 1.165) is 0 Å². The lowest BCUT2D eigenvalue weighted by Crippen LogP contribution is -2.49. The van der Waals surface area contributed by atoms with E-state index in [1.165, 1.54) is 18.2 Å². The molecule has 0 saturated heterocycles. The van der Waals surface area contributed by atoms with Crippen molar-refractivity contribution in [1.29, 1.82) is 0 Å². The number of nitro groups is 1. The molecule has 19 heavy (non-hydrogen) atoms. The minimum Gasteiger partial charge on any atom is -0.346 e. The third-order valence-corrected chi connectivity index (χ3v) is 3.63. The van der Waals surface area contributed by atoms with Crippen LogP contribution in [0.5, 0.6) is 0 Å². The summed E-state index contributed by atoms with van der Waals surface area (Å²) in [6.45, 7) is 7.04. The van der Waals surface area contributed by atoms with E-state index in [0.29, 0.717) is 11.1 Å². The molecule has 0 spiro atoms. The van der Waals surface area contributed by atoms with Crippen LogP contribution in [-0.2, 0) is 0 Å². The molecule has 0 saturated carbocycles. The maximum Gasteiger partial charge on any atom is 0.272 e. The van der Waals surface area contributed by atoms with Crippen molar-refractivity contribution in [3.8, 4) is 0 Å². The minimum absolute atomic E-state index is 0.00141. The number of benzene rings is 1. The number of halogens is 1. The fourth-order valence-corrected chi connectivity index (χ4v) is 1.52. The lowest BCUT2D eigenvalue weighted by atomic mass is 10.00. The number of amides is 1. The number of rotatable bonds is 4. The summed E-state index contributed by atoms with van der Waals surface area (Å²) in [4.78, 5) is 22.3. The Bertz CT molecular complexity index is 513. The summed E-state index contributed by atoms with van der Waals surface area (Å²) < 4.78 is 0. The molecule has 0 heterocycles. The van der Waals surface area contributed by atoms with E-state index in [9.17, 15) is 14.9 Å². The van der Waals surface area contributed by atoms with Gasteiger partial charge in [0.05, 0.1) is 15.8 Å². The number of hydrogen-bond donors (Lipinski definition) is 1. The minimum atomic E-state index is -0.561. The lowest BCUT2D eigenvalue weighted by molar-refractivity contribution is -0.385. The van der Waals surface area contributed by atoms with Crippen molar-refractivity contribution in [3.63, 3.8) is 0 Å². The largest absolute Gasteiger partial charge is 0.346 e. The third kappa shape index (κ3) is 3.67. The van der Waals surface area contributed by atoms with Gasteiger partial charge in [-0.15, -0.1) is 11.6 Å². The second-order valence-electron chi connectivity index (χ2n) is 5.05. The van der Waals surface area contributed by atoms with Crippen molar-refractivity contribution in [1.82, 2.24) is 5.32 Å². The molecular formula is C13H17ClN2O3. The van der Waals surface area contributed by atoms with E-state index >= 15 is 0 Å². The van der Waals surface area contributed by atoms with E-state index in [4.69, 9.17) is 11.6 Å². The summed E-state index contributed by atoms with van der Waals surface area (Å²) in [5.74, 6) is -0.296. The van der Waals surface area contributed by atoms with Gasteiger partial charge >= 0.3 is 0 Å². The van der Waals surface area contributed by atoms with Crippen LogP contribution < -0.4 is 5.32 Å². The third-order valence-electron chi connectivity index (χ3n) is 3.09. The predicted molar refractivity (Wildman–Crippen MR) is 74.7 cm³/mol. The lowest BCUT2D eigenvalue weighted by Gasteiger charge is -2.29. The SMILES string of the molecule is Cc1cc(C(=O)NC(C)(C)C(C)Cl)ccc1[N+](=O)[O-]. The quantitative estimate of drug-likeness (QED) is 0.525. The molecule has 1 unspecified atom stereocenters. The van der Waals surface area contributed by atoms with Crippen LogP contribution in [-0.4, -0.2) is 21.7 Å². The zero-order valence-electron chi connectivity index (χ0n) is 11.4. The Morgan fingerprint density at radius 1 is 1.47 bits per heavy atom. The maximum atomic E-state index is 12.1. The van der Waals surface area contributed by atoms with Crippen LogP contribution in [0.2, 0.25) is 0 Å². The summed E-state index contributed by atoms with van der Waals surface area (Å²) in [5.41, 5.74) is 0.276. The van der Waals surface area contributed by atoms with E-state index in [1.54, 1.807) is 13.8 Å². The number of alkyl halides is 1. The van der Waals surface area contributed by atoms with Crippen molar-refractivity contribution < 1.29 is 9.72 Å². The van der Waals surface area contributed by atoms with Crippen LogP contribution in [0.25, 0.3) is 0 Å². The fraction of sp³-hybridized carbons (Fsp3) is 0.462. The molecule has 0 aliphatic rings. The summed E-state index contributed by atoms with van der Waals surface area (Å²) >= 11 is 5.99. The molecule has 1 rings (SSSR count). The standard InChI is InChI=1S/C13H17ClN2O3/c1-8-7-10(5-6-11(8)16(18)19)12(17)15-13(3,4)9(2)14/h5-7,9H,1-4H3,(H,15,17). The summed E-state index contributed by atoms with van der Waals surface area (Å²) in [5, 5.41) is 13.3. The van der Waals surface area contributed by atoms with Gasteiger partial charge in [-0.25, -0.2) is 0 Å². The molecule has 0 aromatic heterocycles. The van der Waals surface area contributed by atoms with Crippen molar-refractivity contribution >= 4 is 23.2 Å². The average molecular weight is 285 g/mol. The Hall–Kier alpha value is -1.62. The highest BCUT2D eigenvalue weighted by Crippen LogP contribution is 2.20. The molecule has 0 radical (unpaired) electrons. The van der Waals surface area contributed by atoms with Gasteiger partial charge in [0.25, 0.3) is 11.6 Å². The molecule has 1 atom stereocenters. The van der Waals surface area contributed by atoms with Gasteiger partial charge in [-0.1, -0.05) is 0 Å². The number of carbonyl (C=O) groups is 1. The van der Waals surface area contributed by atoms with E-state index in [1.807, 2.05) is 13.8 Å². The number of aryl methyl sites for hydroxylation is 1. The van der Waals surface area contributed by atoms with Crippen LogP contribution >= 0.6 is 11.6 Å². The Balaban J connectivity index is 2.96. The Labute approximate surface area is 117 Å². The highest BCUT2D eigenvalue weighted by Gasteiger charge is 2.27. The van der Waals surface area contributed by atoms with Gasteiger partial charge in [-0.3, -0.25) is 14.9 Å². The van der Waals surface area contributed by atoms with Crippen molar-refractivity contribution in [3.05, 3.63) is 39.4 Å². The predicted octanol–water partition coefficient (Wildman–Crippen LogP) is 3.04. The van der Waals surface area contributed by atoms with Crippen molar-refractivity contribution in [2.24, 2.45) is 0 Å². The van der Waals surface area contributed by atoms with Crippen LogP contribution in [0.4, 0.5) is 5.69 Å². The molecule has 1 aromatic carbocycles. The monoisotopic (exact) mass is 284 g/mol. The normalized spacial score (nSPS) is 12.9. The molecule has 104 valence electrons. The topological polar surface area (TPSA) is 72.2 Å². The number of nitrogens with zero attached hydrogens (tertiary/aromatic N) is 1. The first kappa shape index (κ1) is 15.4. The van der Waals surface area contributed by atoms with Crippen LogP contribution in [0.1, 0.15) is 36.7 Å². The molecule has 0 aliphatic heterocycles. The average Bonchev–Trinajstić information content (AvgIpc) is 2.27. The molecule has 1 amide bonds. The number of nitro benzene ring substituents is 1.